The summed E-state index contributed by atoms with van der Waals surface area (Å²) in [7, 11) is 0. The molecule has 2 fully saturated rings. The maximum atomic E-state index is 14.1. The molecular weight excluding hydrogens is 564 g/mol. The standard InChI is InChI=1S/C25H31F6N5O3S/c1-12(21(37)33-11-23(3,4)39)34-19(22(38)36-14-5-6-15(36)8-7-14)20(40)16-10-32-18(9-17(16)25(29,30)31)35-13(2)24(26,27)28/h9-10,13-15,19,39H,5-8,11H2,1-4H3,(H,32,35)(H,33,37)/t13-,14?,15?,19?/m0/s1. The Morgan fingerprint density at radius 3 is 2.17 bits per heavy atom. The van der Waals surface area contributed by atoms with E-state index in [4.69, 9.17) is 12.2 Å². The molecule has 2 atom stereocenters. The van der Waals surface area contributed by atoms with Crippen molar-refractivity contribution in [1.29, 1.82) is 0 Å². The Balaban J connectivity index is 2.02. The molecule has 1 aromatic heterocycles. The van der Waals surface area contributed by atoms with E-state index in [9.17, 15) is 41.0 Å². The number of nitrogens with one attached hydrogen (secondary N) is 2. The number of hydrogen-bond acceptors (Lipinski definition) is 7. The number of hydrogen-bond donors (Lipinski definition) is 3. The van der Waals surface area contributed by atoms with Crippen molar-refractivity contribution in [3.8, 4) is 0 Å². The minimum Gasteiger partial charge on any atom is -0.389 e. The van der Waals surface area contributed by atoms with Gasteiger partial charge in [-0.15, -0.1) is 0 Å². The van der Waals surface area contributed by atoms with Crippen LogP contribution in [0.5, 0.6) is 0 Å². The van der Waals surface area contributed by atoms with Crippen LogP contribution >= 0.6 is 12.2 Å². The number of thiocarbonyl (C=S) groups is 1. The van der Waals surface area contributed by atoms with E-state index in [1.54, 1.807) is 4.90 Å². The summed E-state index contributed by atoms with van der Waals surface area (Å²) in [5.74, 6) is -2.11. The Morgan fingerprint density at radius 1 is 1.15 bits per heavy atom. The summed E-state index contributed by atoms with van der Waals surface area (Å²) >= 11 is 5.36. The first kappa shape index (κ1) is 31.7. The van der Waals surface area contributed by atoms with Crippen LogP contribution in [0.3, 0.4) is 0 Å². The highest BCUT2D eigenvalue weighted by atomic mass is 32.1. The number of carbonyl (C=O) groups is 2. The molecule has 3 N–H and O–H groups in total. The number of aliphatic hydroxyl groups is 1. The second kappa shape index (κ2) is 11.6. The number of amides is 2. The number of anilines is 1. The third-order valence-electron chi connectivity index (χ3n) is 6.85. The van der Waals surface area contributed by atoms with Gasteiger partial charge in [-0.25, -0.2) is 4.98 Å². The van der Waals surface area contributed by atoms with Crippen LogP contribution in [0.4, 0.5) is 32.2 Å². The van der Waals surface area contributed by atoms with Crippen LogP contribution in [0, 0.1) is 0 Å². The van der Waals surface area contributed by atoms with Crippen molar-refractivity contribution in [2.24, 2.45) is 4.99 Å². The molecule has 15 heteroatoms. The monoisotopic (exact) mass is 595 g/mol. The predicted molar refractivity (Wildman–Crippen MR) is 139 cm³/mol. The normalized spacial score (nSPS) is 21.3. The summed E-state index contributed by atoms with van der Waals surface area (Å²) in [4.78, 5) is 35.2. The van der Waals surface area contributed by atoms with Gasteiger partial charge in [-0.05, 0) is 59.4 Å². The first-order valence-electron chi connectivity index (χ1n) is 12.6. The molecule has 2 aliphatic rings. The molecule has 40 heavy (non-hydrogen) atoms. The van der Waals surface area contributed by atoms with Crippen LogP contribution in [-0.2, 0) is 15.8 Å². The van der Waals surface area contributed by atoms with Gasteiger partial charge in [0, 0.05) is 30.4 Å². The van der Waals surface area contributed by atoms with E-state index in [0.717, 1.165) is 32.6 Å². The predicted octanol–water partition coefficient (Wildman–Crippen LogP) is 4.05. The Bertz CT molecular complexity index is 1160. The fourth-order valence-electron chi connectivity index (χ4n) is 4.73. The molecule has 3 heterocycles. The second-order valence-electron chi connectivity index (χ2n) is 10.7. The number of carbonyl (C=O) groups excluding carboxylic acids is 2. The summed E-state index contributed by atoms with van der Waals surface area (Å²) in [5, 5.41) is 14.2. The zero-order chi connectivity index (χ0) is 30.2. The minimum absolute atomic E-state index is 0.127. The largest absolute Gasteiger partial charge is 0.417 e. The van der Waals surface area contributed by atoms with Gasteiger partial charge in [-0.3, -0.25) is 14.6 Å². The quantitative estimate of drug-likeness (QED) is 0.172. The molecule has 222 valence electrons. The van der Waals surface area contributed by atoms with Crippen molar-refractivity contribution in [2.75, 3.05) is 11.9 Å². The van der Waals surface area contributed by atoms with Crippen molar-refractivity contribution < 1.29 is 41.0 Å². The van der Waals surface area contributed by atoms with E-state index in [0.29, 0.717) is 12.3 Å². The fourth-order valence-corrected chi connectivity index (χ4v) is 5.05. The Labute approximate surface area is 232 Å². The van der Waals surface area contributed by atoms with Crippen molar-refractivity contribution in [1.82, 2.24) is 15.2 Å². The minimum atomic E-state index is -5.07. The fraction of sp³-hybridized carbons (Fsp3) is 0.640. The molecule has 0 saturated carbocycles. The van der Waals surface area contributed by atoms with E-state index in [2.05, 4.69) is 15.3 Å². The maximum absolute atomic E-state index is 14.1. The van der Waals surface area contributed by atoms with Crippen molar-refractivity contribution >= 4 is 40.4 Å². The molecule has 2 bridgehead atoms. The SMILES string of the molecule is CC(=NC(C(=O)N1C2CCC1CC2)C(=S)c1cnc(N[C@@H](C)C(F)(F)F)cc1C(F)(F)F)C(=O)NCC(C)(C)O. The van der Waals surface area contributed by atoms with Crippen LogP contribution in [0.15, 0.2) is 17.3 Å². The highest BCUT2D eigenvalue weighted by Crippen LogP contribution is 2.39. The number of rotatable bonds is 9. The van der Waals surface area contributed by atoms with Gasteiger partial charge in [0.15, 0.2) is 6.04 Å². The van der Waals surface area contributed by atoms with Crippen molar-refractivity contribution in [3.05, 3.63) is 23.4 Å². The van der Waals surface area contributed by atoms with E-state index in [-0.39, 0.29) is 24.3 Å². The molecule has 1 aromatic rings. The Kier molecular flexibility index (Phi) is 9.19. The lowest BCUT2D eigenvalue weighted by atomic mass is 10.00. The first-order valence-corrected chi connectivity index (χ1v) is 13.0. The molecular formula is C25H31F6N5O3S. The summed E-state index contributed by atoms with van der Waals surface area (Å²) in [6.45, 7) is 4.72. The molecule has 0 aromatic carbocycles. The van der Waals surface area contributed by atoms with Gasteiger partial charge in [0.1, 0.15) is 11.9 Å². The summed E-state index contributed by atoms with van der Waals surface area (Å²) in [6, 6.07) is -3.73. The molecule has 8 nitrogen and oxygen atoms in total. The maximum Gasteiger partial charge on any atom is 0.417 e. The summed E-state index contributed by atoms with van der Waals surface area (Å²) in [6.07, 6.45) is -6.26. The van der Waals surface area contributed by atoms with Crippen LogP contribution in [0.1, 0.15) is 64.5 Å². The highest BCUT2D eigenvalue weighted by Gasteiger charge is 2.46. The number of aliphatic imine (C=N–C) groups is 1. The third-order valence-corrected chi connectivity index (χ3v) is 7.30. The molecule has 2 amide bonds. The highest BCUT2D eigenvalue weighted by molar-refractivity contribution is 7.81. The van der Waals surface area contributed by atoms with Crippen LogP contribution in [0.2, 0.25) is 0 Å². The van der Waals surface area contributed by atoms with Gasteiger partial charge >= 0.3 is 12.4 Å². The van der Waals surface area contributed by atoms with E-state index >= 15 is 0 Å². The number of fused-ring (bicyclic) bond motifs is 2. The molecule has 3 rings (SSSR count). The van der Waals surface area contributed by atoms with Crippen LogP contribution < -0.4 is 10.6 Å². The number of alkyl halides is 6. The number of nitrogens with zero attached hydrogens (tertiary/aromatic N) is 3. The third kappa shape index (κ3) is 7.47. The number of pyridine rings is 1. The van der Waals surface area contributed by atoms with Gasteiger partial charge in [-0.1, -0.05) is 12.2 Å². The average Bonchev–Trinajstić information content (AvgIpc) is 3.44. The number of aromatic nitrogens is 1. The lowest BCUT2D eigenvalue weighted by Crippen LogP contribution is -2.46. The molecule has 2 saturated heterocycles. The molecule has 0 aliphatic carbocycles. The van der Waals surface area contributed by atoms with Gasteiger partial charge in [0.05, 0.1) is 21.7 Å². The zero-order valence-electron chi connectivity index (χ0n) is 22.3. The van der Waals surface area contributed by atoms with E-state index < -0.39 is 63.7 Å². The van der Waals surface area contributed by atoms with Gasteiger partial charge < -0.3 is 20.6 Å². The first-order chi connectivity index (χ1) is 18.3. The topological polar surface area (TPSA) is 107 Å². The van der Waals surface area contributed by atoms with Crippen molar-refractivity contribution in [3.63, 3.8) is 0 Å². The Morgan fingerprint density at radius 2 is 1.70 bits per heavy atom. The molecule has 0 radical (unpaired) electrons. The van der Waals surface area contributed by atoms with Gasteiger partial charge in [-0.2, -0.15) is 26.3 Å². The van der Waals surface area contributed by atoms with Crippen LogP contribution in [-0.4, -0.2) is 79.9 Å². The molecule has 2 aliphatic heterocycles. The van der Waals surface area contributed by atoms with Gasteiger partial charge in [0.25, 0.3) is 11.8 Å². The lowest BCUT2D eigenvalue weighted by Gasteiger charge is -2.27. The zero-order valence-corrected chi connectivity index (χ0v) is 23.1. The molecule has 1 unspecified atom stereocenters. The second-order valence-corrected chi connectivity index (χ2v) is 11.1. The summed E-state index contributed by atoms with van der Waals surface area (Å²) in [5.41, 5.74) is -3.62. The average molecular weight is 596 g/mol. The number of halogens is 6. The Hall–Kier alpha value is -2.81. The lowest BCUT2D eigenvalue weighted by molar-refractivity contribution is -0.138. The summed E-state index contributed by atoms with van der Waals surface area (Å²) < 4.78 is 81.2. The van der Waals surface area contributed by atoms with Gasteiger partial charge in [0.2, 0.25) is 0 Å². The van der Waals surface area contributed by atoms with E-state index in [1.807, 2.05) is 5.32 Å². The van der Waals surface area contributed by atoms with Crippen molar-refractivity contribution in [2.45, 2.75) is 95.5 Å². The molecule has 0 spiro atoms. The smallest absolute Gasteiger partial charge is 0.389 e. The van der Waals surface area contributed by atoms with E-state index in [1.165, 1.54) is 20.8 Å². The van der Waals surface area contributed by atoms with Crippen LogP contribution in [0.25, 0.3) is 0 Å².